The number of hydrogen-bond donors (Lipinski definition) is 1. The topological polar surface area (TPSA) is 20.2 Å². The average Bonchev–Trinajstić information content (AvgIpc) is 2.78. The Labute approximate surface area is 114 Å². The van der Waals surface area contributed by atoms with Crippen LogP contribution in [0.4, 0.5) is 0 Å². The smallest absolute Gasteiger partial charge is 0.0824 e. The van der Waals surface area contributed by atoms with Crippen LogP contribution in [0.15, 0.2) is 54.6 Å². The van der Waals surface area contributed by atoms with Crippen LogP contribution in [-0.4, -0.2) is 5.11 Å². The van der Waals surface area contributed by atoms with Crippen LogP contribution in [0.3, 0.4) is 0 Å². The predicted molar refractivity (Wildman–Crippen MR) is 78.0 cm³/mol. The van der Waals surface area contributed by atoms with Gasteiger partial charge in [-0.05, 0) is 48.3 Å². The van der Waals surface area contributed by atoms with Crippen molar-refractivity contribution in [1.82, 2.24) is 0 Å². The number of hydrogen-bond acceptors (Lipinski definition) is 1. The van der Waals surface area contributed by atoms with Crippen LogP contribution in [0.2, 0.25) is 0 Å². The van der Waals surface area contributed by atoms with Gasteiger partial charge in [-0.15, -0.1) is 0 Å². The quantitative estimate of drug-likeness (QED) is 0.874. The molecular formula is C18H20O. The molecule has 1 aliphatic carbocycles. The SMILES string of the molecule is O[C@H]1c2ccccc2C[C@@H]1CCCc1ccccc1. The van der Waals surface area contributed by atoms with E-state index in [0.717, 1.165) is 31.2 Å². The van der Waals surface area contributed by atoms with E-state index in [9.17, 15) is 5.11 Å². The number of rotatable bonds is 4. The largest absolute Gasteiger partial charge is 0.388 e. The third-order valence-corrected chi connectivity index (χ3v) is 4.19. The van der Waals surface area contributed by atoms with E-state index < -0.39 is 0 Å². The summed E-state index contributed by atoms with van der Waals surface area (Å²) in [6, 6.07) is 18.9. The van der Waals surface area contributed by atoms with Gasteiger partial charge in [-0.3, -0.25) is 0 Å². The van der Waals surface area contributed by atoms with Gasteiger partial charge in [-0.25, -0.2) is 0 Å². The summed E-state index contributed by atoms with van der Waals surface area (Å²) in [5.74, 6) is 0.404. The Morgan fingerprint density at radius 3 is 2.47 bits per heavy atom. The van der Waals surface area contributed by atoms with Crippen LogP contribution in [0.1, 0.15) is 35.6 Å². The Balaban J connectivity index is 1.55. The van der Waals surface area contributed by atoms with E-state index in [1.807, 2.05) is 6.07 Å². The summed E-state index contributed by atoms with van der Waals surface area (Å²) in [5, 5.41) is 10.3. The first kappa shape index (κ1) is 12.4. The van der Waals surface area contributed by atoms with Gasteiger partial charge in [0.05, 0.1) is 6.10 Å². The van der Waals surface area contributed by atoms with Crippen molar-refractivity contribution < 1.29 is 5.11 Å². The lowest BCUT2D eigenvalue weighted by Gasteiger charge is -2.14. The summed E-state index contributed by atoms with van der Waals surface area (Å²) in [6.45, 7) is 0. The average molecular weight is 252 g/mol. The number of fused-ring (bicyclic) bond motifs is 1. The highest BCUT2D eigenvalue weighted by Crippen LogP contribution is 2.38. The Morgan fingerprint density at radius 2 is 1.68 bits per heavy atom. The molecule has 0 saturated heterocycles. The van der Waals surface area contributed by atoms with Gasteiger partial charge in [0, 0.05) is 0 Å². The number of aliphatic hydroxyl groups is 1. The highest BCUT2D eigenvalue weighted by atomic mass is 16.3. The molecule has 0 bridgehead atoms. The maximum Gasteiger partial charge on any atom is 0.0824 e. The zero-order valence-electron chi connectivity index (χ0n) is 11.1. The molecule has 0 spiro atoms. The maximum absolute atomic E-state index is 10.3. The molecule has 0 fully saturated rings. The molecule has 98 valence electrons. The van der Waals surface area contributed by atoms with Crippen LogP contribution >= 0.6 is 0 Å². The minimum Gasteiger partial charge on any atom is -0.388 e. The Hall–Kier alpha value is -1.60. The molecule has 2 aromatic carbocycles. The van der Waals surface area contributed by atoms with E-state index in [4.69, 9.17) is 0 Å². The molecule has 2 aromatic rings. The summed E-state index contributed by atoms with van der Waals surface area (Å²) in [4.78, 5) is 0. The molecule has 2 atom stereocenters. The molecule has 0 radical (unpaired) electrons. The van der Waals surface area contributed by atoms with Crippen molar-refractivity contribution in [2.75, 3.05) is 0 Å². The van der Waals surface area contributed by atoms with Crippen molar-refractivity contribution in [3.63, 3.8) is 0 Å². The van der Waals surface area contributed by atoms with Crippen LogP contribution in [0.5, 0.6) is 0 Å². The van der Waals surface area contributed by atoms with Gasteiger partial charge >= 0.3 is 0 Å². The van der Waals surface area contributed by atoms with E-state index in [2.05, 4.69) is 48.5 Å². The summed E-state index contributed by atoms with van der Waals surface area (Å²) >= 11 is 0. The van der Waals surface area contributed by atoms with Crippen LogP contribution in [-0.2, 0) is 12.8 Å². The van der Waals surface area contributed by atoms with Crippen molar-refractivity contribution in [3.8, 4) is 0 Å². The van der Waals surface area contributed by atoms with E-state index in [0.29, 0.717) is 5.92 Å². The van der Waals surface area contributed by atoms with Gasteiger partial charge in [0.25, 0.3) is 0 Å². The van der Waals surface area contributed by atoms with Gasteiger partial charge in [-0.1, -0.05) is 54.6 Å². The van der Waals surface area contributed by atoms with Gasteiger partial charge in [0.15, 0.2) is 0 Å². The molecule has 1 nitrogen and oxygen atoms in total. The second-order valence-electron chi connectivity index (χ2n) is 5.49. The fraction of sp³-hybridized carbons (Fsp3) is 0.333. The zero-order chi connectivity index (χ0) is 13.1. The van der Waals surface area contributed by atoms with Crippen LogP contribution in [0, 0.1) is 5.92 Å². The Morgan fingerprint density at radius 1 is 0.947 bits per heavy atom. The first-order chi connectivity index (χ1) is 9.34. The minimum absolute atomic E-state index is 0.257. The lowest BCUT2D eigenvalue weighted by molar-refractivity contribution is 0.117. The third kappa shape index (κ3) is 2.71. The highest BCUT2D eigenvalue weighted by Gasteiger charge is 2.29. The lowest BCUT2D eigenvalue weighted by atomic mass is 9.95. The van der Waals surface area contributed by atoms with Crippen LogP contribution < -0.4 is 0 Å². The van der Waals surface area contributed by atoms with E-state index in [1.165, 1.54) is 11.1 Å². The van der Waals surface area contributed by atoms with Gasteiger partial charge < -0.3 is 5.11 Å². The molecule has 19 heavy (non-hydrogen) atoms. The summed E-state index contributed by atoms with van der Waals surface area (Å²) in [5.41, 5.74) is 3.87. The molecule has 0 aliphatic heterocycles. The lowest BCUT2D eigenvalue weighted by Crippen LogP contribution is -2.07. The molecule has 0 aromatic heterocycles. The number of aliphatic hydroxyl groups excluding tert-OH is 1. The predicted octanol–water partition coefficient (Wildman–Crippen LogP) is 3.92. The molecule has 0 saturated carbocycles. The Kier molecular flexibility index (Phi) is 3.65. The molecule has 0 unspecified atom stereocenters. The summed E-state index contributed by atoms with van der Waals surface area (Å²) < 4.78 is 0. The third-order valence-electron chi connectivity index (χ3n) is 4.19. The standard InChI is InChI=1S/C18H20O/c19-18-16(13-15-10-4-5-12-17(15)18)11-6-9-14-7-2-1-3-8-14/h1-5,7-8,10,12,16,18-19H,6,9,11,13H2/t16-,18+/m0/s1. The summed E-state index contributed by atoms with van der Waals surface area (Å²) in [6.07, 6.45) is 4.14. The maximum atomic E-state index is 10.3. The molecule has 0 amide bonds. The van der Waals surface area contributed by atoms with Crippen molar-refractivity contribution in [2.45, 2.75) is 31.8 Å². The summed E-state index contributed by atoms with van der Waals surface area (Å²) in [7, 11) is 0. The normalized spacial score (nSPS) is 21.3. The van der Waals surface area contributed by atoms with Crippen molar-refractivity contribution in [2.24, 2.45) is 5.92 Å². The first-order valence-corrected chi connectivity index (χ1v) is 7.14. The Bertz CT molecular complexity index is 532. The van der Waals surface area contributed by atoms with E-state index in [1.54, 1.807) is 0 Å². The second kappa shape index (κ2) is 5.58. The van der Waals surface area contributed by atoms with Crippen molar-refractivity contribution in [3.05, 3.63) is 71.3 Å². The molecule has 1 heteroatoms. The second-order valence-corrected chi connectivity index (χ2v) is 5.49. The number of benzene rings is 2. The highest BCUT2D eigenvalue weighted by molar-refractivity contribution is 5.34. The van der Waals surface area contributed by atoms with E-state index in [-0.39, 0.29) is 6.10 Å². The fourth-order valence-electron chi connectivity index (χ4n) is 3.13. The molecule has 1 N–H and O–H groups in total. The van der Waals surface area contributed by atoms with Gasteiger partial charge in [0.1, 0.15) is 0 Å². The zero-order valence-corrected chi connectivity index (χ0v) is 11.1. The van der Waals surface area contributed by atoms with E-state index >= 15 is 0 Å². The van der Waals surface area contributed by atoms with Gasteiger partial charge in [-0.2, -0.15) is 0 Å². The first-order valence-electron chi connectivity index (χ1n) is 7.14. The van der Waals surface area contributed by atoms with Gasteiger partial charge in [0.2, 0.25) is 0 Å². The molecule has 1 aliphatic rings. The fourth-order valence-corrected chi connectivity index (χ4v) is 3.13. The van der Waals surface area contributed by atoms with Crippen molar-refractivity contribution >= 4 is 0 Å². The van der Waals surface area contributed by atoms with Crippen molar-refractivity contribution in [1.29, 1.82) is 0 Å². The number of aryl methyl sites for hydroxylation is 1. The molecule has 0 heterocycles. The molecule has 3 rings (SSSR count). The monoisotopic (exact) mass is 252 g/mol. The minimum atomic E-state index is -0.257. The van der Waals surface area contributed by atoms with Crippen LogP contribution in [0.25, 0.3) is 0 Å². The molecular weight excluding hydrogens is 232 g/mol.